The van der Waals surface area contributed by atoms with Crippen molar-refractivity contribution in [2.75, 3.05) is 18.6 Å². The van der Waals surface area contributed by atoms with Crippen LogP contribution in [0.3, 0.4) is 0 Å². The maximum Gasteiger partial charge on any atom is 0.328 e. The van der Waals surface area contributed by atoms with Gasteiger partial charge < -0.3 is 4.90 Å². The fourth-order valence-electron chi connectivity index (χ4n) is 2.76. The van der Waals surface area contributed by atoms with Gasteiger partial charge in [0.05, 0.1) is 5.75 Å². The van der Waals surface area contributed by atoms with Crippen molar-refractivity contribution in [3.8, 4) is 0 Å². The van der Waals surface area contributed by atoms with Gasteiger partial charge in [-0.15, -0.1) is 11.3 Å². The summed E-state index contributed by atoms with van der Waals surface area (Å²) in [6.45, 7) is 0.174. The maximum atomic E-state index is 12.8. The highest BCUT2D eigenvalue weighted by molar-refractivity contribution is 7.90. The van der Waals surface area contributed by atoms with Crippen molar-refractivity contribution in [1.82, 2.24) is 9.80 Å². The summed E-state index contributed by atoms with van der Waals surface area (Å²) in [5, 5.41) is 1.85. The van der Waals surface area contributed by atoms with Gasteiger partial charge in [-0.25, -0.2) is 13.2 Å². The second kappa shape index (κ2) is 6.97. The van der Waals surface area contributed by atoms with Gasteiger partial charge in [0.2, 0.25) is 0 Å². The van der Waals surface area contributed by atoms with Gasteiger partial charge in [0.15, 0.2) is 0 Å². The van der Waals surface area contributed by atoms with Crippen LogP contribution in [0.25, 0.3) is 0 Å². The number of rotatable bonds is 6. The van der Waals surface area contributed by atoms with Gasteiger partial charge in [0.25, 0.3) is 5.91 Å². The minimum absolute atomic E-state index is 0.121. The Labute approximate surface area is 150 Å². The van der Waals surface area contributed by atoms with Gasteiger partial charge >= 0.3 is 6.03 Å². The van der Waals surface area contributed by atoms with Crippen LogP contribution < -0.4 is 0 Å². The van der Waals surface area contributed by atoms with E-state index in [-0.39, 0.29) is 18.2 Å². The quantitative estimate of drug-likeness (QED) is 0.723. The molecular formula is C17H18N2O4S2. The fourth-order valence-corrected chi connectivity index (χ4v) is 4.11. The van der Waals surface area contributed by atoms with Gasteiger partial charge in [-0.2, -0.15) is 0 Å². The summed E-state index contributed by atoms with van der Waals surface area (Å²) in [6, 6.07) is 11.9. The molecule has 0 radical (unpaired) electrons. The highest BCUT2D eigenvalue weighted by Crippen LogP contribution is 2.34. The number of imide groups is 1. The van der Waals surface area contributed by atoms with Crippen LogP contribution in [0.1, 0.15) is 16.5 Å². The van der Waals surface area contributed by atoms with Gasteiger partial charge in [-0.3, -0.25) is 9.69 Å². The molecule has 132 valence electrons. The van der Waals surface area contributed by atoms with Gasteiger partial charge in [0.1, 0.15) is 15.9 Å². The third-order valence-corrected chi connectivity index (χ3v) is 5.83. The Kier molecular flexibility index (Phi) is 4.91. The lowest BCUT2D eigenvalue weighted by Crippen LogP contribution is -2.36. The molecule has 0 aliphatic carbocycles. The van der Waals surface area contributed by atoms with E-state index >= 15 is 0 Å². The van der Waals surface area contributed by atoms with E-state index in [2.05, 4.69) is 0 Å². The topological polar surface area (TPSA) is 74.8 Å². The lowest BCUT2D eigenvalue weighted by atomic mass is 10.1. The summed E-state index contributed by atoms with van der Waals surface area (Å²) in [4.78, 5) is 28.9. The molecule has 1 aliphatic heterocycles. The van der Waals surface area contributed by atoms with Crippen LogP contribution in [0.4, 0.5) is 4.79 Å². The monoisotopic (exact) mass is 378 g/mol. The van der Waals surface area contributed by atoms with Crippen molar-refractivity contribution in [3.63, 3.8) is 0 Å². The molecule has 0 spiro atoms. The van der Waals surface area contributed by atoms with Crippen molar-refractivity contribution in [2.24, 2.45) is 0 Å². The molecule has 1 fully saturated rings. The molecule has 2 heterocycles. The average Bonchev–Trinajstić information content (AvgIpc) is 3.14. The lowest BCUT2D eigenvalue weighted by molar-refractivity contribution is -0.128. The van der Waals surface area contributed by atoms with E-state index in [4.69, 9.17) is 0 Å². The Bertz CT molecular complexity index is 863. The minimum Gasteiger partial charge on any atom is -0.303 e. The van der Waals surface area contributed by atoms with E-state index in [1.807, 2.05) is 47.8 Å². The van der Waals surface area contributed by atoms with Crippen molar-refractivity contribution >= 4 is 33.1 Å². The molecule has 0 saturated carbocycles. The summed E-state index contributed by atoms with van der Waals surface area (Å²) in [7, 11) is -3.27. The first-order chi connectivity index (χ1) is 11.9. The Morgan fingerprint density at radius 2 is 1.80 bits per heavy atom. The molecule has 1 atom stereocenters. The molecule has 0 bridgehead atoms. The van der Waals surface area contributed by atoms with Gasteiger partial charge in [0, 0.05) is 24.2 Å². The molecule has 2 aromatic rings. The number of carbonyl (C=O) groups is 2. The number of benzene rings is 1. The number of hydrogen-bond donors (Lipinski definition) is 0. The molecule has 1 aromatic heterocycles. The zero-order valence-electron chi connectivity index (χ0n) is 13.7. The first kappa shape index (κ1) is 17.6. The van der Waals surface area contributed by atoms with E-state index in [9.17, 15) is 18.0 Å². The molecule has 1 saturated heterocycles. The van der Waals surface area contributed by atoms with Gasteiger partial charge in [-0.1, -0.05) is 36.4 Å². The largest absolute Gasteiger partial charge is 0.328 e. The standard InChI is InChI=1S/C17H18N2O4S2/c1-25(22,23)11-9-18-16(20)15(14-8-5-10-24-14)19(17(18)21)12-13-6-3-2-4-7-13/h2-8,10,15H,9,11-12H2,1H3. The first-order valence-electron chi connectivity index (χ1n) is 7.74. The molecule has 1 aliphatic rings. The van der Waals surface area contributed by atoms with E-state index < -0.39 is 21.9 Å². The van der Waals surface area contributed by atoms with Crippen molar-refractivity contribution in [1.29, 1.82) is 0 Å². The zero-order chi connectivity index (χ0) is 18.0. The number of urea groups is 1. The van der Waals surface area contributed by atoms with Crippen molar-refractivity contribution in [2.45, 2.75) is 12.6 Å². The normalized spacial score (nSPS) is 18.2. The highest BCUT2D eigenvalue weighted by Gasteiger charge is 2.46. The number of thiophene rings is 1. The molecule has 1 aromatic carbocycles. The maximum absolute atomic E-state index is 12.8. The van der Waals surface area contributed by atoms with E-state index in [0.717, 1.165) is 21.6 Å². The molecule has 25 heavy (non-hydrogen) atoms. The average molecular weight is 378 g/mol. The van der Waals surface area contributed by atoms with Crippen LogP contribution >= 0.6 is 11.3 Å². The third kappa shape index (κ3) is 3.91. The molecule has 0 N–H and O–H groups in total. The predicted molar refractivity (Wildman–Crippen MR) is 95.9 cm³/mol. The molecule has 8 heteroatoms. The van der Waals surface area contributed by atoms with Crippen LogP contribution in [-0.4, -0.2) is 48.7 Å². The van der Waals surface area contributed by atoms with E-state index in [1.165, 1.54) is 16.2 Å². The molecular weight excluding hydrogens is 360 g/mol. The van der Waals surface area contributed by atoms with E-state index in [0.29, 0.717) is 6.54 Å². The summed E-state index contributed by atoms with van der Waals surface area (Å²) in [5.74, 6) is -0.604. The number of amides is 3. The second-order valence-corrected chi connectivity index (χ2v) is 9.17. The molecule has 3 rings (SSSR count). The number of carbonyl (C=O) groups excluding carboxylic acids is 2. The highest BCUT2D eigenvalue weighted by atomic mass is 32.2. The molecule has 6 nitrogen and oxygen atoms in total. The predicted octanol–water partition coefficient (Wildman–Crippen LogP) is 2.30. The second-order valence-electron chi connectivity index (χ2n) is 5.93. The SMILES string of the molecule is CS(=O)(=O)CCN1C(=O)C(c2cccs2)N(Cc2ccccc2)C1=O. The van der Waals surface area contributed by atoms with Crippen LogP contribution in [0.2, 0.25) is 0 Å². The molecule has 3 amide bonds. The zero-order valence-corrected chi connectivity index (χ0v) is 15.3. The third-order valence-electron chi connectivity index (χ3n) is 3.98. The fraction of sp³-hybridized carbons (Fsp3) is 0.294. The number of nitrogens with zero attached hydrogens (tertiary/aromatic N) is 2. The Balaban J connectivity index is 1.90. The van der Waals surface area contributed by atoms with Crippen molar-refractivity contribution in [3.05, 3.63) is 58.3 Å². The Morgan fingerprint density at radius 1 is 1.08 bits per heavy atom. The first-order valence-corrected chi connectivity index (χ1v) is 10.7. The Hall–Kier alpha value is -2.19. The smallest absolute Gasteiger partial charge is 0.303 e. The summed E-state index contributed by atoms with van der Waals surface area (Å²) >= 11 is 1.41. The number of hydrogen-bond acceptors (Lipinski definition) is 5. The summed E-state index contributed by atoms with van der Waals surface area (Å²) in [6.07, 6.45) is 1.09. The van der Waals surface area contributed by atoms with Crippen LogP contribution in [0.15, 0.2) is 47.8 Å². The van der Waals surface area contributed by atoms with Crippen LogP contribution in [0.5, 0.6) is 0 Å². The summed E-state index contributed by atoms with van der Waals surface area (Å²) in [5.41, 5.74) is 0.912. The van der Waals surface area contributed by atoms with E-state index in [1.54, 1.807) is 0 Å². The Morgan fingerprint density at radius 3 is 2.40 bits per heavy atom. The minimum atomic E-state index is -3.27. The molecule has 1 unspecified atom stereocenters. The number of sulfone groups is 1. The van der Waals surface area contributed by atoms with Crippen molar-refractivity contribution < 1.29 is 18.0 Å². The summed E-state index contributed by atoms with van der Waals surface area (Å²) < 4.78 is 22.8. The van der Waals surface area contributed by atoms with Gasteiger partial charge in [-0.05, 0) is 17.0 Å². The van der Waals surface area contributed by atoms with Crippen LogP contribution in [0, 0.1) is 0 Å². The lowest BCUT2D eigenvalue weighted by Gasteiger charge is -2.21. The van der Waals surface area contributed by atoms with Crippen LogP contribution in [-0.2, 0) is 21.2 Å².